The van der Waals surface area contributed by atoms with Crippen molar-refractivity contribution < 1.29 is 4.79 Å². The summed E-state index contributed by atoms with van der Waals surface area (Å²) in [5, 5.41) is 3.54. The highest BCUT2D eigenvalue weighted by Gasteiger charge is 2.39. The van der Waals surface area contributed by atoms with Crippen molar-refractivity contribution >= 4 is 17.7 Å². The van der Waals surface area contributed by atoms with Gasteiger partial charge in [0.2, 0.25) is 5.91 Å². The zero-order valence-corrected chi connectivity index (χ0v) is 14.0. The molecule has 1 aromatic carbocycles. The van der Waals surface area contributed by atoms with E-state index in [1.54, 1.807) is 0 Å². The van der Waals surface area contributed by atoms with E-state index in [0.29, 0.717) is 5.92 Å². The molecule has 0 saturated carbocycles. The number of carbonyl (C=O) groups excluding carboxylic acids is 1. The van der Waals surface area contributed by atoms with Crippen LogP contribution in [-0.2, 0) is 11.2 Å². The maximum absolute atomic E-state index is 12.7. The molecule has 1 aliphatic rings. The number of hydrogen-bond acceptors (Lipinski definition) is 3. The molecule has 1 amide bonds. The molecule has 2 unspecified atom stereocenters. The summed E-state index contributed by atoms with van der Waals surface area (Å²) in [4.78, 5) is 14.7. The van der Waals surface area contributed by atoms with Crippen molar-refractivity contribution in [2.45, 2.75) is 38.9 Å². The van der Waals surface area contributed by atoms with Gasteiger partial charge in [-0.2, -0.15) is 11.8 Å². The number of nitrogens with zero attached hydrogens (tertiary/aromatic N) is 1. The van der Waals surface area contributed by atoms with Gasteiger partial charge in [0.25, 0.3) is 0 Å². The Bertz CT molecular complexity index is 449. The quantitative estimate of drug-likeness (QED) is 0.786. The maximum atomic E-state index is 12.7. The third-order valence-corrected chi connectivity index (χ3v) is 4.65. The second kappa shape index (κ2) is 7.85. The molecule has 4 heteroatoms. The normalized spacial score (nSPS) is 22.3. The molecule has 116 valence electrons. The van der Waals surface area contributed by atoms with Crippen LogP contribution in [0.1, 0.15) is 25.8 Å². The molecule has 0 aliphatic carbocycles. The first-order chi connectivity index (χ1) is 10.1. The van der Waals surface area contributed by atoms with Gasteiger partial charge in [0.15, 0.2) is 0 Å². The SMILES string of the molecule is CSCCCN1C(=O)C(Cc2ccccc2)NC1C(C)C. The molecule has 1 aromatic rings. The monoisotopic (exact) mass is 306 g/mol. The lowest BCUT2D eigenvalue weighted by Gasteiger charge is -2.27. The second-order valence-electron chi connectivity index (χ2n) is 5.98. The van der Waals surface area contributed by atoms with E-state index in [1.807, 2.05) is 30.0 Å². The first kappa shape index (κ1) is 16.4. The van der Waals surface area contributed by atoms with Crippen molar-refractivity contribution in [2.75, 3.05) is 18.6 Å². The van der Waals surface area contributed by atoms with Crippen molar-refractivity contribution in [3.8, 4) is 0 Å². The Morgan fingerprint density at radius 1 is 1.29 bits per heavy atom. The molecule has 0 spiro atoms. The molecule has 3 nitrogen and oxygen atoms in total. The van der Waals surface area contributed by atoms with Gasteiger partial charge in [-0.3, -0.25) is 10.1 Å². The van der Waals surface area contributed by atoms with Crippen molar-refractivity contribution in [1.82, 2.24) is 10.2 Å². The van der Waals surface area contributed by atoms with E-state index < -0.39 is 0 Å². The van der Waals surface area contributed by atoms with Crippen molar-refractivity contribution in [2.24, 2.45) is 5.92 Å². The van der Waals surface area contributed by atoms with Crippen LogP contribution in [0.5, 0.6) is 0 Å². The minimum absolute atomic E-state index is 0.0749. The van der Waals surface area contributed by atoms with Gasteiger partial charge < -0.3 is 4.90 Å². The van der Waals surface area contributed by atoms with Gasteiger partial charge in [0, 0.05) is 6.54 Å². The van der Waals surface area contributed by atoms with Crippen LogP contribution in [0.25, 0.3) is 0 Å². The van der Waals surface area contributed by atoms with E-state index in [4.69, 9.17) is 0 Å². The molecular formula is C17H26N2OS. The van der Waals surface area contributed by atoms with E-state index >= 15 is 0 Å². The molecule has 1 heterocycles. The number of carbonyl (C=O) groups is 1. The number of nitrogens with one attached hydrogen (secondary N) is 1. The van der Waals surface area contributed by atoms with Crippen LogP contribution in [0.15, 0.2) is 30.3 Å². The number of rotatable bonds is 7. The minimum atomic E-state index is -0.0749. The fraction of sp³-hybridized carbons (Fsp3) is 0.588. The first-order valence-corrected chi connectivity index (χ1v) is 9.12. The molecule has 1 aliphatic heterocycles. The molecule has 1 N–H and O–H groups in total. The molecule has 1 saturated heterocycles. The zero-order valence-electron chi connectivity index (χ0n) is 13.2. The smallest absolute Gasteiger partial charge is 0.241 e. The number of amides is 1. The lowest BCUT2D eigenvalue weighted by Crippen LogP contribution is -2.42. The van der Waals surface area contributed by atoms with Crippen LogP contribution in [0.2, 0.25) is 0 Å². The first-order valence-electron chi connectivity index (χ1n) is 7.73. The van der Waals surface area contributed by atoms with E-state index in [1.165, 1.54) is 5.56 Å². The van der Waals surface area contributed by atoms with E-state index in [9.17, 15) is 4.79 Å². The second-order valence-corrected chi connectivity index (χ2v) is 6.96. The Morgan fingerprint density at radius 3 is 2.62 bits per heavy atom. The topological polar surface area (TPSA) is 32.3 Å². The zero-order chi connectivity index (χ0) is 15.2. The number of thioether (sulfide) groups is 1. The summed E-state index contributed by atoms with van der Waals surface area (Å²) in [6.07, 6.45) is 4.13. The van der Waals surface area contributed by atoms with Crippen LogP contribution >= 0.6 is 11.8 Å². The summed E-state index contributed by atoms with van der Waals surface area (Å²) in [5.74, 6) is 1.81. The van der Waals surface area contributed by atoms with Gasteiger partial charge in [-0.15, -0.1) is 0 Å². The fourth-order valence-corrected chi connectivity index (χ4v) is 3.30. The molecule has 0 bridgehead atoms. The third kappa shape index (κ3) is 4.24. The Balaban J connectivity index is 2.02. The lowest BCUT2D eigenvalue weighted by molar-refractivity contribution is -0.130. The standard InChI is InChI=1S/C17H26N2OS/c1-13(2)16-18-15(12-14-8-5-4-6-9-14)17(20)19(16)10-7-11-21-3/h4-6,8-9,13,15-16,18H,7,10-12H2,1-3H3. The fourth-order valence-electron chi connectivity index (χ4n) is 2.88. The molecular weight excluding hydrogens is 280 g/mol. The van der Waals surface area contributed by atoms with Crippen LogP contribution < -0.4 is 5.32 Å². The summed E-state index contributed by atoms with van der Waals surface area (Å²) < 4.78 is 0. The highest BCUT2D eigenvalue weighted by atomic mass is 32.2. The Morgan fingerprint density at radius 2 is 2.00 bits per heavy atom. The molecule has 21 heavy (non-hydrogen) atoms. The summed E-state index contributed by atoms with van der Waals surface area (Å²) in [7, 11) is 0. The van der Waals surface area contributed by atoms with Gasteiger partial charge >= 0.3 is 0 Å². The molecule has 2 atom stereocenters. The van der Waals surface area contributed by atoms with Gasteiger partial charge in [-0.1, -0.05) is 44.2 Å². The van der Waals surface area contributed by atoms with Crippen molar-refractivity contribution in [3.63, 3.8) is 0 Å². The molecule has 2 rings (SSSR count). The third-order valence-electron chi connectivity index (χ3n) is 3.95. The average Bonchev–Trinajstić information content (AvgIpc) is 2.78. The molecule has 0 radical (unpaired) electrons. The molecule has 0 aromatic heterocycles. The van der Waals surface area contributed by atoms with Crippen LogP contribution in [-0.4, -0.2) is 41.6 Å². The van der Waals surface area contributed by atoms with Crippen LogP contribution in [0.3, 0.4) is 0 Å². The summed E-state index contributed by atoms with van der Waals surface area (Å²) >= 11 is 1.84. The maximum Gasteiger partial charge on any atom is 0.241 e. The lowest BCUT2D eigenvalue weighted by atomic mass is 10.1. The van der Waals surface area contributed by atoms with E-state index in [2.05, 4.69) is 42.5 Å². The van der Waals surface area contributed by atoms with Gasteiger partial charge in [0.05, 0.1) is 12.2 Å². The largest absolute Gasteiger partial charge is 0.325 e. The minimum Gasteiger partial charge on any atom is -0.325 e. The molecule has 1 fully saturated rings. The predicted molar refractivity (Wildman–Crippen MR) is 90.4 cm³/mol. The van der Waals surface area contributed by atoms with Gasteiger partial charge in [-0.25, -0.2) is 0 Å². The summed E-state index contributed by atoms with van der Waals surface area (Å²) in [6.45, 7) is 5.22. The van der Waals surface area contributed by atoms with Gasteiger partial charge in [-0.05, 0) is 36.3 Å². The Labute approximate surface area is 132 Å². The van der Waals surface area contributed by atoms with E-state index in [-0.39, 0.29) is 18.1 Å². The highest BCUT2D eigenvalue weighted by Crippen LogP contribution is 2.20. The number of hydrogen-bond donors (Lipinski definition) is 1. The summed E-state index contributed by atoms with van der Waals surface area (Å²) in [5.41, 5.74) is 1.22. The number of benzene rings is 1. The van der Waals surface area contributed by atoms with Gasteiger partial charge in [0.1, 0.15) is 0 Å². The van der Waals surface area contributed by atoms with Crippen molar-refractivity contribution in [1.29, 1.82) is 0 Å². The van der Waals surface area contributed by atoms with Crippen molar-refractivity contribution in [3.05, 3.63) is 35.9 Å². The average molecular weight is 306 g/mol. The highest BCUT2D eigenvalue weighted by molar-refractivity contribution is 7.98. The predicted octanol–water partition coefficient (Wildman–Crippen LogP) is 2.76. The van der Waals surface area contributed by atoms with Crippen LogP contribution in [0.4, 0.5) is 0 Å². The Kier molecular flexibility index (Phi) is 6.12. The van der Waals surface area contributed by atoms with Crippen LogP contribution in [0, 0.1) is 5.92 Å². The van der Waals surface area contributed by atoms with E-state index in [0.717, 1.165) is 25.1 Å². The summed E-state index contributed by atoms with van der Waals surface area (Å²) in [6, 6.07) is 10.2. The Hall–Kier alpha value is -1.00.